The molecule has 9 nitrogen and oxygen atoms in total. The molecule has 0 bridgehead atoms. The summed E-state index contributed by atoms with van der Waals surface area (Å²) in [5.74, 6) is -0.374. The fourth-order valence-electron chi connectivity index (χ4n) is 3.71. The smallest absolute Gasteiger partial charge is 0.245 e. The molecule has 1 heterocycles. The minimum Gasteiger partial charge on any atom is -0.495 e. The lowest BCUT2D eigenvalue weighted by atomic mass is 10.2. The Labute approximate surface area is 205 Å². The van der Waals surface area contributed by atoms with Gasteiger partial charge in [-0.3, -0.25) is 9.10 Å². The summed E-state index contributed by atoms with van der Waals surface area (Å²) in [6, 6.07) is 10.3. The van der Waals surface area contributed by atoms with E-state index in [1.807, 2.05) is 0 Å². The van der Waals surface area contributed by atoms with Crippen molar-refractivity contribution in [2.75, 3.05) is 42.6 Å². The number of amides is 1. The summed E-state index contributed by atoms with van der Waals surface area (Å²) in [6.45, 7) is 0.466. The second-order valence-corrected chi connectivity index (χ2v) is 12.3. The molecule has 1 fully saturated rings. The van der Waals surface area contributed by atoms with E-state index in [1.54, 1.807) is 6.07 Å². The van der Waals surface area contributed by atoms with Crippen molar-refractivity contribution in [2.45, 2.75) is 30.6 Å². The number of halogens is 1. The molecule has 0 aromatic heterocycles. The molecule has 0 spiro atoms. The van der Waals surface area contributed by atoms with E-state index in [4.69, 9.17) is 16.3 Å². The Balaban J connectivity index is 1.75. The lowest BCUT2D eigenvalue weighted by molar-refractivity contribution is -0.114. The quantitative estimate of drug-likeness (QED) is 0.561. The number of hydrogen-bond acceptors (Lipinski definition) is 6. The average molecular weight is 530 g/mol. The number of sulfonamides is 2. The Hall–Kier alpha value is -2.34. The zero-order chi connectivity index (χ0) is 24.9. The molecule has 0 radical (unpaired) electrons. The zero-order valence-corrected chi connectivity index (χ0v) is 21.4. The summed E-state index contributed by atoms with van der Waals surface area (Å²) in [6.07, 6.45) is 4.68. The van der Waals surface area contributed by atoms with Crippen LogP contribution >= 0.6 is 11.6 Å². The van der Waals surface area contributed by atoms with Crippen molar-refractivity contribution in [3.8, 4) is 5.75 Å². The molecule has 2 aromatic carbocycles. The van der Waals surface area contributed by atoms with Gasteiger partial charge in [-0.25, -0.2) is 16.8 Å². The van der Waals surface area contributed by atoms with E-state index in [2.05, 4.69) is 5.32 Å². The number of hydrogen-bond donors (Lipinski definition) is 1. The average Bonchev–Trinajstić information content (AvgIpc) is 3.07. The van der Waals surface area contributed by atoms with Gasteiger partial charge in [-0.05, 0) is 55.3 Å². The second-order valence-electron chi connectivity index (χ2n) is 7.98. The highest BCUT2D eigenvalue weighted by atomic mass is 35.5. The van der Waals surface area contributed by atoms with Gasteiger partial charge in [-0.15, -0.1) is 0 Å². The molecule has 1 amide bonds. The second kappa shape index (κ2) is 10.9. The minimum atomic E-state index is -3.85. The molecule has 0 aliphatic carbocycles. The summed E-state index contributed by atoms with van der Waals surface area (Å²) >= 11 is 6.02. The number of nitrogens with one attached hydrogen (secondary N) is 1. The van der Waals surface area contributed by atoms with Crippen LogP contribution in [0, 0.1) is 0 Å². The summed E-state index contributed by atoms with van der Waals surface area (Å²) in [5.41, 5.74) is 0.470. The molecule has 0 unspecified atom stereocenters. The molecule has 1 aliphatic rings. The molecular weight excluding hydrogens is 502 g/mol. The van der Waals surface area contributed by atoms with E-state index >= 15 is 0 Å². The number of carbonyl (C=O) groups is 1. The predicted octanol–water partition coefficient (Wildman–Crippen LogP) is 3.32. The third-order valence-corrected chi connectivity index (χ3v) is 8.71. The number of carbonyl (C=O) groups excluding carboxylic acids is 1. The first-order chi connectivity index (χ1) is 16.0. The molecular formula is C22H28ClN3O6S2. The summed E-state index contributed by atoms with van der Waals surface area (Å²) in [7, 11) is -6.07. The van der Waals surface area contributed by atoms with Crippen LogP contribution in [0.3, 0.4) is 0 Å². The molecule has 3 rings (SSSR count). The molecule has 186 valence electrons. The van der Waals surface area contributed by atoms with Gasteiger partial charge in [0.25, 0.3) is 0 Å². The SMILES string of the molecule is COc1ccc(Cl)cc1N(CC(=O)Nc1ccc(S(=O)(=O)N2CCCCCC2)cc1)S(C)(=O)=O. The Kier molecular flexibility index (Phi) is 8.45. The van der Waals surface area contributed by atoms with Gasteiger partial charge >= 0.3 is 0 Å². The molecule has 0 saturated carbocycles. The molecule has 1 aliphatic heterocycles. The number of methoxy groups -OCH3 is 1. The number of benzene rings is 2. The predicted molar refractivity (Wildman–Crippen MR) is 132 cm³/mol. The van der Waals surface area contributed by atoms with Gasteiger partial charge in [-0.2, -0.15) is 4.31 Å². The van der Waals surface area contributed by atoms with E-state index in [9.17, 15) is 21.6 Å². The first-order valence-electron chi connectivity index (χ1n) is 10.7. The fourth-order valence-corrected chi connectivity index (χ4v) is 6.25. The Morgan fingerprint density at radius 3 is 2.21 bits per heavy atom. The highest BCUT2D eigenvalue weighted by Crippen LogP contribution is 2.32. The van der Waals surface area contributed by atoms with E-state index in [0.29, 0.717) is 18.8 Å². The van der Waals surface area contributed by atoms with Crippen molar-refractivity contribution in [1.29, 1.82) is 0 Å². The highest BCUT2D eigenvalue weighted by Gasteiger charge is 2.26. The van der Waals surface area contributed by atoms with Crippen molar-refractivity contribution >= 4 is 48.9 Å². The zero-order valence-electron chi connectivity index (χ0n) is 19.0. The van der Waals surface area contributed by atoms with E-state index in [1.165, 1.54) is 47.8 Å². The maximum absolute atomic E-state index is 12.9. The van der Waals surface area contributed by atoms with Crippen LogP contribution in [-0.4, -0.2) is 60.0 Å². The lowest BCUT2D eigenvalue weighted by Crippen LogP contribution is -2.37. The summed E-state index contributed by atoms with van der Waals surface area (Å²) < 4.78 is 58.3. The minimum absolute atomic E-state index is 0.131. The maximum Gasteiger partial charge on any atom is 0.245 e. The Morgan fingerprint density at radius 2 is 1.65 bits per heavy atom. The van der Waals surface area contributed by atoms with E-state index < -0.39 is 32.5 Å². The van der Waals surface area contributed by atoms with Crippen LogP contribution in [0.4, 0.5) is 11.4 Å². The van der Waals surface area contributed by atoms with Gasteiger partial charge in [0.05, 0.1) is 23.9 Å². The Morgan fingerprint density at radius 1 is 1.03 bits per heavy atom. The largest absolute Gasteiger partial charge is 0.495 e. The molecule has 0 atom stereocenters. The van der Waals surface area contributed by atoms with Gasteiger partial charge in [0.2, 0.25) is 26.0 Å². The van der Waals surface area contributed by atoms with Crippen molar-refractivity contribution < 1.29 is 26.4 Å². The molecule has 1 saturated heterocycles. The van der Waals surface area contributed by atoms with Crippen molar-refractivity contribution in [1.82, 2.24) is 4.31 Å². The van der Waals surface area contributed by atoms with Gasteiger partial charge in [0, 0.05) is 23.8 Å². The number of nitrogens with zero attached hydrogens (tertiary/aromatic N) is 2. The topological polar surface area (TPSA) is 113 Å². The molecule has 12 heteroatoms. The lowest BCUT2D eigenvalue weighted by Gasteiger charge is -2.24. The number of ether oxygens (including phenoxy) is 1. The monoisotopic (exact) mass is 529 g/mol. The third kappa shape index (κ3) is 6.41. The van der Waals surface area contributed by atoms with Gasteiger partial charge in [-0.1, -0.05) is 24.4 Å². The number of anilines is 2. The van der Waals surface area contributed by atoms with Crippen LogP contribution in [0.1, 0.15) is 25.7 Å². The van der Waals surface area contributed by atoms with Crippen LogP contribution in [0.2, 0.25) is 5.02 Å². The van der Waals surface area contributed by atoms with Crippen LogP contribution in [0.5, 0.6) is 5.75 Å². The first-order valence-corrected chi connectivity index (χ1v) is 14.4. The van der Waals surface area contributed by atoms with Gasteiger partial charge in [0.1, 0.15) is 12.3 Å². The first kappa shape index (κ1) is 26.3. The fraction of sp³-hybridized carbons (Fsp3) is 0.409. The normalized spacial score (nSPS) is 15.4. The van der Waals surface area contributed by atoms with Crippen molar-refractivity contribution in [2.24, 2.45) is 0 Å². The number of rotatable bonds is 8. The van der Waals surface area contributed by atoms with E-state index in [0.717, 1.165) is 36.2 Å². The standard InChI is InChI=1S/C22H28ClN3O6S2/c1-32-21-12-7-17(23)15-20(21)26(33(2,28)29)16-22(27)24-18-8-10-19(11-9-18)34(30,31)25-13-5-3-4-6-14-25/h7-12,15H,3-6,13-14,16H2,1-2H3,(H,24,27). The summed E-state index contributed by atoms with van der Waals surface area (Å²) in [5, 5.41) is 2.89. The van der Waals surface area contributed by atoms with Gasteiger partial charge < -0.3 is 10.1 Å². The van der Waals surface area contributed by atoms with Crippen LogP contribution in [-0.2, 0) is 24.8 Å². The van der Waals surface area contributed by atoms with E-state index in [-0.39, 0.29) is 21.4 Å². The molecule has 2 aromatic rings. The van der Waals surface area contributed by atoms with Crippen LogP contribution in [0.25, 0.3) is 0 Å². The van der Waals surface area contributed by atoms with Crippen LogP contribution in [0.15, 0.2) is 47.4 Å². The highest BCUT2D eigenvalue weighted by molar-refractivity contribution is 7.92. The third-order valence-electron chi connectivity index (χ3n) is 5.44. The van der Waals surface area contributed by atoms with Gasteiger partial charge in [0.15, 0.2) is 0 Å². The van der Waals surface area contributed by atoms with Crippen molar-refractivity contribution in [3.05, 3.63) is 47.5 Å². The Bertz CT molecular complexity index is 1230. The van der Waals surface area contributed by atoms with Crippen molar-refractivity contribution in [3.63, 3.8) is 0 Å². The molecule has 34 heavy (non-hydrogen) atoms. The van der Waals surface area contributed by atoms with Crippen LogP contribution < -0.4 is 14.4 Å². The maximum atomic E-state index is 12.9. The molecule has 1 N–H and O–H groups in total. The summed E-state index contributed by atoms with van der Waals surface area (Å²) in [4.78, 5) is 12.8.